The lowest BCUT2D eigenvalue weighted by Gasteiger charge is -2.31. The normalized spacial score (nSPS) is 16.2. The van der Waals surface area contributed by atoms with Crippen molar-refractivity contribution in [3.63, 3.8) is 0 Å². The van der Waals surface area contributed by atoms with E-state index in [4.69, 9.17) is 10.9 Å². The van der Waals surface area contributed by atoms with Crippen molar-refractivity contribution in [3.05, 3.63) is 40.1 Å². The lowest BCUT2D eigenvalue weighted by atomic mass is 9.76. The average Bonchev–Trinajstić information content (AvgIpc) is 2.95. The van der Waals surface area contributed by atoms with Gasteiger partial charge in [-0.15, -0.1) is 0 Å². The van der Waals surface area contributed by atoms with E-state index in [0.717, 1.165) is 56.0 Å². The predicted octanol–water partition coefficient (Wildman–Crippen LogP) is 1.33. The van der Waals surface area contributed by atoms with Crippen LogP contribution in [0.25, 0.3) is 0 Å². The first-order valence-corrected chi connectivity index (χ1v) is 9.41. The van der Waals surface area contributed by atoms with E-state index in [1.54, 1.807) is 0 Å². The van der Waals surface area contributed by atoms with Gasteiger partial charge in [-0.1, -0.05) is 6.07 Å². The number of hydrogen-bond acceptors (Lipinski definition) is 5. The minimum Gasteiger partial charge on any atom is -0.351 e. The standard InChI is InChI=1S/C11H12N2O.C6H10N4S/c12-11(14)13-10-8-3-1-6(8)5-7-2-4-9(7)10;7-11-6-3-5-4-8-1-2-10(5)9-6/h5H,1-4H2,(H3,12,13,14);3,8H,1-2,4,7H2. The van der Waals surface area contributed by atoms with Crippen molar-refractivity contribution in [3.8, 4) is 0 Å². The van der Waals surface area contributed by atoms with Gasteiger partial charge >= 0.3 is 6.03 Å². The number of nitrogens with one attached hydrogen (secondary N) is 2. The molecule has 0 spiro atoms. The number of carbonyl (C=O) groups is 1. The van der Waals surface area contributed by atoms with E-state index in [0.29, 0.717) is 0 Å². The molecule has 1 aromatic heterocycles. The number of benzene rings is 1. The van der Waals surface area contributed by atoms with Crippen LogP contribution in [0.3, 0.4) is 0 Å². The molecule has 6 N–H and O–H groups in total. The van der Waals surface area contributed by atoms with E-state index in [9.17, 15) is 4.79 Å². The molecule has 0 saturated carbocycles. The molecule has 2 aliphatic carbocycles. The zero-order chi connectivity index (χ0) is 17.4. The first-order valence-electron chi connectivity index (χ1n) is 8.53. The molecular weight excluding hydrogens is 336 g/mol. The highest BCUT2D eigenvalue weighted by Crippen LogP contribution is 2.40. The van der Waals surface area contributed by atoms with Crippen molar-refractivity contribution in [2.45, 2.75) is 43.8 Å². The SMILES string of the molecule is NC(=O)Nc1c2c(cc3c1CC3)CC2.NSc1cc2n(n1)CCNC2. The van der Waals surface area contributed by atoms with Gasteiger partial charge in [0.2, 0.25) is 0 Å². The van der Waals surface area contributed by atoms with Crippen LogP contribution in [0.5, 0.6) is 0 Å². The molecular formula is C17H22N6OS. The van der Waals surface area contributed by atoms with Gasteiger partial charge in [0, 0.05) is 18.8 Å². The number of rotatable bonds is 2. The molecule has 1 aromatic carbocycles. The van der Waals surface area contributed by atoms with Gasteiger partial charge in [0.05, 0.1) is 12.2 Å². The second kappa shape index (κ2) is 6.70. The molecule has 0 radical (unpaired) electrons. The largest absolute Gasteiger partial charge is 0.351 e. The van der Waals surface area contributed by atoms with Crippen LogP contribution in [-0.4, -0.2) is 22.4 Å². The van der Waals surface area contributed by atoms with Crippen LogP contribution >= 0.6 is 11.9 Å². The van der Waals surface area contributed by atoms with Gasteiger partial charge in [-0.25, -0.2) is 4.79 Å². The number of amides is 2. The zero-order valence-electron chi connectivity index (χ0n) is 14.0. The molecule has 25 heavy (non-hydrogen) atoms. The highest BCUT2D eigenvalue weighted by Gasteiger charge is 2.27. The molecule has 2 aromatic rings. The average molecular weight is 358 g/mol. The maximum Gasteiger partial charge on any atom is 0.316 e. The summed E-state index contributed by atoms with van der Waals surface area (Å²) in [6.07, 6.45) is 4.46. The molecule has 3 aliphatic rings. The number of primary amides is 1. The van der Waals surface area contributed by atoms with Crippen LogP contribution in [0.4, 0.5) is 10.5 Å². The third-order valence-corrected chi connectivity index (χ3v) is 5.47. The van der Waals surface area contributed by atoms with Crippen LogP contribution in [0.2, 0.25) is 0 Å². The van der Waals surface area contributed by atoms with Crippen LogP contribution in [0.1, 0.15) is 27.9 Å². The van der Waals surface area contributed by atoms with E-state index in [-0.39, 0.29) is 0 Å². The Labute approximate surface area is 150 Å². The lowest BCUT2D eigenvalue weighted by Crippen LogP contribution is -2.28. The van der Waals surface area contributed by atoms with Gasteiger partial charge in [0.25, 0.3) is 0 Å². The van der Waals surface area contributed by atoms with Gasteiger partial charge in [0.15, 0.2) is 0 Å². The topological polar surface area (TPSA) is 111 Å². The maximum absolute atomic E-state index is 10.9. The summed E-state index contributed by atoms with van der Waals surface area (Å²) in [4.78, 5) is 10.9. The van der Waals surface area contributed by atoms with E-state index >= 15 is 0 Å². The Morgan fingerprint density at radius 1 is 1.20 bits per heavy atom. The smallest absolute Gasteiger partial charge is 0.316 e. The number of nitrogens with zero attached hydrogens (tertiary/aromatic N) is 2. The number of aryl methyl sites for hydroxylation is 2. The zero-order valence-corrected chi connectivity index (χ0v) is 14.8. The molecule has 0 bridgehead atoms. The molecule has 2 heterocycles. The van der Waals surface area contributed by atoms with Crippen molar-refractivity contribution in [1.29, 1.82) is 0 Å². The van der Waals surface area contributed by atoms with Crippen LogP contribution in [-0.2, 0) is 38.8 Å². The summed E-state index contributed by atoms with van der Waals surface area (Å²) in [6, 6.07) is 3.86. The predicted molar refractivity (Wildman–Crippen MR) is 98.4 cm³/mol. The number of anilines is 1. The molecule has 1 aliphatic heterocycles. The Kier molecular flexibility index (Phi) is 4.41. The fraction of sp³-hybridized carbons (Fsp3) is 0.412. The Morgan fingerprint density at radius 2 is 1.92 bits per heavy atom. The summed E-state index contributed by atoms with van der Waals surface area (Å²) >= 11 is 1.20. The molecule has 7 nitrogen and oxygen atoms in total. The van der Waals surface area contributed by atoms with Gasteiger partial charge in [-0.05, 0) is 66.0 Å². The number of hydrogen-bond donors (Lipinski definition) is 4. The summed E-state index contributed by atoms with van der Waals surface area (Å²) in [6.45, 7) is 2.87. The van der Waals surface area contributed by atoms with E-state index < -0.39 is 6.03 Å². The van der Waals surface area contributed by atoms with E-state index in [1.807, 2.05) is 10.7 Å². The van der Waals surface area contributed by atoms with Crippen LogP contribution < -0.4 is 21.5 Å². The van der Waals surface area contributed by atoms with Crippen molar-refractivity contribution in [2.24, 2.45) is 10.9 Å². The number of nitrogens with two attached hydrogens (primary N) is 2. The summed E-state index contributed by atoms with van der Waals surface area (Å²) in [5, 5.41) is 16.6. The van der Waals surface area contributed by atoms with Crippen molar-refractivity contribution >= 4 is 23.7 Å². The number of urea groups is 1. The van der Waals surface area contributed by atoms with Gasteiger partial charge in [-0.3, -0.25) is 9.82 Å². The van der Waals surface area contributed by atoms with Crippen molar-refractivity contribution in [2.75, 3.05) is 11.9 Å². The fourth-order valence-electron chi connectivity index (χ4n) is 3.57. The first kappa shape index (κ1) is 16.4. The summed E-state index contributed by atoms with van der Waals surface area (Å²) in [7, 11) is 0. The first-order chi connectivity index (χ1) is 12.2. The molecule has 0 atom stereocenters. The summed E-state index contributed by atoms with van der Waals surface area (Å²) in [5.74, 6) is 0. The van der Waals surface area contributed by atoms with E-state index in [2.05, 4.69) is 21.8 Å². The van der Waals surface area contributed by atoms with Gasteiger partial charge in [0.1, 0.15) is 5.03 Å². The summed E-state index contributed by atoms with van der Waals surface area (Å²) < 4.78 is 2.01. The molecule has 8 heteroatoms. The third-order valence-electron chi connectivity index (χ3n) is 5.03. The lowest BCUT2D eigenvalue weighted by molar-refractivity contribution is 0.259. The molecule has 2 amide bonds. The van der Waals surface area contributed by atoms with Crippen molar-refractivity contribution < 1.29 is 4.79 Å². The Bertz CT molecular complexity index is 777. The Hall–Kier alpha value is -2.03. The maximum atomic E-state index is 10.9. The number of fused-ring (bicyclic) bond motifs is 3. The fourth-order valence-corrected chi connectivity index (χ4v) is 3.92. The highest BCUT2D eigenvalue weighted by atomic mass is 32.2. The van der Waals surface area contributed by atoms with E-state index in [1.165, 1.54) is 39.9 Å². The second-order valence-electron chi connectivity index (χ2n) is 6.51. The molecule has 5 rings (SSSR count). The minimum absolute atomic E-state index is 0.445. The number of carbonyl (C=O) groups excluding carboxylic acids is 1. The van der Waals surface area contributed by atoms with Gasteiger partial charge in [-0.2, -0.15) is 5.10 Å². The van der Waals surface area contributed by atoms with Gasteiger partial charge < -0.3 is 16.4 Å². The monoisotopic (exact) mass is 358 g/mol. The quantitative estimate of drug-likeness (QED) is 0.605. The number of aromatic nitrogens is 2. The highest BCUT2D eigenvalue weighted by molar-refractivity contribution is 7.97. The minimum atomic E-state index is -0.445. The molecule has 0 saturated heterocycles. The third kappa shape index (κ3) is 3.12. The Morgan fingerprint density at radius 3 is 2.44 bits per heavy atom. The Balaban J connectivity index is 0.000000129. The van der Waals surface area contributed by atoms with Crippen molar-refractivity contribution in [1.82, 2.24) is 15.1 Å². The molecule has 0 fully saturated rings. The molecule has 0 unspecified atom stereocenters. The second-order valence-corrected chi connectivity index (χ2v) is 7.16. The van der Waals surface area contributed by atoms with Crippen LogP contribution in [0.15, 0.2) is 17.2 Å². The molecule has 132 valence electrons. The summed E-state index contributed by atoms with van der Waals surface area (Å²) in [5.41, 5.74) is 12.8. The van der Waals surface area contributed by atoms with Crippen LogP contribution in [0, 0.1) is 0 Å².